The summed E-state index contributed by atoms with van der Waals surface area (Å²) in [6, 6.07) is -0.857. The van der Waals surface area contributed by atoms with Crippen LogP contribution in [0.5, 0.6) is 0 Å². The second-order valence-corrected chi connectivity index (χ2v) is 9.57. The van der Waals surface area contributed by atoms with Gasteiger partial charge >= 0.3 is 5.97 Å². The van der Waals surface area contributed by atoms with Gasteiger partial charge in [-0.3, -0.25) is 14.4 Å². The molecule has 3 aliphatic heterocycles. The molecule has 3 saturated heterocycles. The Hall–Kier alpha value is -1.19. The molecule has 0 aromatic rings. The number of hydrogen-bond acceptors (Lipinski definition) is 6. The minimum atomic E-state index is -1.02. The lowest BCUT2D eigenvalue weighted by Gasteiger charge is -2.34. The number of carbonyl (C=O) groups excluding carboxylic acids is 3. The number of amides is 2. The second-order valence-electron chi connectivity index (χ2n) is 8.39. The quantitative estimate of drug-likeness (QED) is 0.293. The highest BCUT2D eigenvalue weighted by molar-refractivity contribution is 9.09. The number of carbonyl (C=O) groups is 3. The third kappa shape index (κ3) is 3.81. The van der Waals surface area contributed by atoms with Gasteiger partial charge in [0.15, 0.2) is 0 Å². The normalized spacial score (nSPS) is 35.3. The van der Waals surface area contributed by atoms with Gasteiger partial charge in [-0.15, -0.1) is 0 Å². The van der Waals surface area contributed by atoms with Crippen molar-refractivity contribution >= 4 is 33.7 Å². The van der Waals surface area contributed by atoms with Gasteiger partial charge in [-0.25, -0.2) is 0 Å². The lowest BCUT2D eigenvalue weighted by atomic mass is 9.70. The van der Waals surface area contributed by atoms with E-state index in [9.17, 15) is 14.4 Å². The topological polar surface area (TPSA) is 105 Å². The number of alkyl halides is 1. The van der Waals surface area contributed by atoms with E-state index in [4.69, 9.17) is 14.6 Å². The highest BCUT2D eigenvalue weighted by atomic mass is 79.9. The molecule has 8 nitrogen and oxygen atoms in total. The predicted molar refractivity (Wildman–Crippen MR) is 108 cm³/mol. The van der Waals surface area contributed by atoms with Crippen LogP contribution in [-0.2, 0) is 23.9 Å². The summed E-state index contributed by atoms with van der Waals surface area (Å²) in [6.07, 6.45) is 2.09. The van der Waals surface area contributed by atoms with Gasteiger partial charge in [-0.2, -0.15) is 0 Å². The summed E-state index contributed by atoms with van der Waals surface area (Å²) >= 11 is 3.60. The van der Waals surface area contributed by atoms with Gasteiger partial charge in [0.2, 0.25) is 11.8 Å². The van der Waals surface area contributed by atoms with Crippen LogP contribution >= 0.6 is 15.9 Å². The zero-order chi connectivity index (χ0) is 21.3. The summed E-state index contributed by atoms with van der Waals surface area (Å²) in [5.41, 5.74) is -1.02. The summed E-state index contributed by atoms with van der Waals surface area (Å²) in [5.74, 6) is -2.31. The number of fused-ring (bicyclic) bond motifs is 1. The molecule has 29 heavy (non-hydrogen) atoms. The summed E-state index contributed by atoms with van der Waals surface area (Å²) in [6.45, 7) is 6.19. The molecule has 0 radical (unpaired) electrons. The smallest absolute Gasteiger partial charge is 0.312 e. The van der Waals surface area contributed by atoms with Gasteiger partial charge in [-0.05, 0) is 46.5 Å². The first-order valence-corrected chi connectivity index (χ1v) is 11.4. The molecule has 3 unspecified atom stereocenters. The molecule has 6 atom stereocenters. The maximum absolute atomic E-state index is 13.5. The number of aliphatic hydroxyl groups is 1. The third-order valence-electron chi connectivity index (χ3n) is 6.08. The summed E-state index contributed by atoms with van der Waals surface area (Å²) in [7, 11) is 0. The Morgan fingerprint density at radius 2 is 2.10 bits per heavy atom. The van der Waals surface area contributed by atoms with Crippen LogP contribution in [0.4, 0.5) is 0 Å². The van der Waals surface area contributed by atoms with Crippen molar-refractivity contribution in [3.63, 3.8) is 0 Å². The fraction of sp³-hybridized carbons (Fsp3) is 0.850. The highest BCUT2D eigenvalue weighted by Gasteiger charge is 2.76. The van der Waals surface area contributed by atoms with Gasteiger partial charge in [0, 0.05) is 24.0 Å². The first kappa shape index (κ1) is 22.5. The molecule has 0 saturated carbocycles. The number of ether oxygens (including phenoxy) is 2. The summed E-state index contributed by atoms with van der Waals surface area (Å²) < 4.78 is 11.6. The van der Waals surface area contributed by atoms with E-state index in [0.29, 0.717) is 25.8 Å². The average molecular weight is 475 g/mol. The van der Waals surface area contributed by atoms with Crippen molar-refractivity contribution in [2.75, 3.05) is 19.8 Å². The zero-order valence-electron chi connectivity index (χ0n) is 17.2. The molecule has 0 aliphatic carbocycles. The van der Waals surface area contributed by atoms with Crippen LogP contribution < -0.4 is 5.32 Å². The Labute approximate surface area is 179 Å². The number of nitrogens with zero attached hydrogens (tertiary/aromatic N) is 1. The van der Waals surface area contributed by atoms with Gasteiger partial charge in [-0.1, -0.05) is 15.9 Å². The number of hydrogen-bond donors (Lipinski definition) is 2. The molecular formula is C20H31BrN2O6. The SMILES string of the molecule is CCOC(=O)[C@H]1[C@@H]2OC3(CC2Br)C(C(=O)NC(C)C)N(CCCCCO)C(=O)[C@H]13. The van der Waals surface area contributed by atoms with Crippen LogP contribution in [0.2, 0.25) is 0 Å². The summed E-state index contributed by atoms with van der Waals surface area (Å²) in [5, 5.41) is 11.9. The fourth-order valence-corrected chi connectivity index (χ4v) is 6.06. The van der Waals surface area contributed by atoms with Crippen LogP contribution in [0.15, 0.2) is 0 Å². The molecule has 2 bridgehead atoms. The van der Waals surface area contributed by atoms with E-state index in [-0.39, 0.29) is 35.9 Å². The maximum Gasteiger partial charge on any atom is 0.312 e. The molecule has 3 rings (SSSR count). The minimum absolute atomic E-state index is 0.0801. The molecule has 2 amide bonds. The van der Waals surface area contributed by atoms with Crippen LogP contribution in [0.25, 0.3) is 0 Å². The van der Waals surface area contributed by atoms with Crippen molar-refractivity contribution in [1.82, 2.24) is 10.2 Å². The third-order valence-corrected chi connectivity index (χ3v) is 6.93. The van der Waals surface area contributed by atoms with E-state index in [2.05, 4.69) is 21.2 Å². The largest absolute Gasteiger partial charge is 0.466 e. The summed E-state index contributed by atoms with van der Waals surface area (Å²) in [4.78, 5) is 40.8. The maximum atomic E-state index is 13.5. The minimum Gasteiger partial charge on any atom is -0.466 e. The lowest BCUT2D eigenvalue weighted by molar-refractivity contribution is -0.154. The molecular weight excluding hydrogens is 444 g/mol. The first-order valence-electron chi connectivity index (χ1n) is 10.5. The van der Waals surface area contributed by atoms with Gasteiger partial charge in [0.1, 0.15) is 11.6 Å². The molecule has 1 spiro atoms. The van der Waals surface area contributed by atoms with Crippen molar-refractivity contribution in [1.29, 1.82) is 0 Å². The monoisotopic (exact) mass is 474 g/mol. The van der Waals surface area contributed by atoms with Crippen molar-refractivity contribution in [3.8, 4) is 0 Å². The van der Waals surface area contributed by atoms with E-state index in [0.717, 1.165) is 6.42 Å². The van der Waals surface area contributed by atoms with Gasteiger partial charge in [0.05, 0.1) is 24.5 Å². The number of unbranched alkanes of at least 4 members (excludes halogenated alkanes) is 2. The Kier molecular flexibility index (Phi) is 6.90. The molecule has 0 aromatic heterocycles. The number of nitrogens with one attached hydrogen (secondary N) is 1. The van der Waals surface area contributed by atoms with E-state index in [1.54, 1.807) is 11.8 Å². The van der Waals surface area contributed by atoms with Crippen molar-refractivity contribution in [3.05, 3.63) is 0 Å². The van der Waals surface area contributed by atoms with Crippen molar-refractivity contribution < 1.29 is 29.0 Å². The number of halogens is 1. The Bertz CT molecular complexity index is 659. The molecule has 3 fully saturated rings. The molecule has 0 aromatic carbocycles. The molecule has 9 heteroatoms. The fourth-order valence-electron chi connectivity index (χ4n) is 5.11. The van der Waals surface area contributed by atoms with Crippen molar-refractivity contribution in [2.24, 2.45) is 11.8 Å². The standard InChI is InChI=1S/C20H31BrN2O6/c1-4-28-19(27)13-14-18(26)23(8-6-5-7-9-24)16(17(25)22-11(2)3)20(14)10-12(21)15(13)29-20/h11-16,24H,4-10H2,1-3H3,(H,22,25)/t12?,13-,14+,15-,16?,20?/m1/s1. The van der Waals surface area contributed by atoms with E-state index in [1.807, 2.05) is 13.8 Å². The molecule has 3 heterocycles. The Morgan fingerprint density at radius 1 is 1.38 bits per heavy atom. The van der Waals surface area contributed by atoms with E-state index >= 15 is 0 Å². The second kappa shape index (κ2) is 8.89. The van der Waals surface area contributed by atoms with Crippen LogP contribution in [0.1, 0.15) is 46.5 Å². The molecule has 2 N–H and O–H groups in total. The molecule has 164 valence electrons. The van der Waals surface area contributed by atoms with E-state index in [1.165, 1.54) is 0 Å². The van der Waals surface area contributed by atoms with E-state index < -0.39 is 35.6 Å². The van der Waals surface area contributed by atoms with Crippen LogP contribution in [0.3, 0.4) is 0 Å². The Balaban J connectivity index is 1.94. The Morgan fingerprint density at radius 3 is 2.72 bits per heavy atom. The lowest BCUT2D eigenvalue weighted by Crippen LogP contribution is -2.56. The number of rotatable bonds is 9. The molecule has 3 aliphatic rings. The predicted octanol–water partition coefficient (Wildman–Crippen LogP) is 0.985. The zero-order valence-corrected chi connectivity index (χ0v) is 18.8. The number of esters is 1. The van der Waals surface area contributed by atoms with Crippen LogP contribution in [-0.4, -0.2) is 76.2 Å². The van der Waals surface area contributed by atoms with Gasteiger partial charge < -0.3 is 24.8 Å². The first-order chi connectivity index (χ1) is 13.8. The highest BCUT2D eigenvalue weighted by Crippen LogP contribution is 2.60. The number of likely N-dealkylation sites (tertiary alicyclic amines) is 1. The van der Waals surface area contributed by atoms with Crippen molar-refractivity contribution in [2.45, 2.75) is 75.1 Å². The van der Waals surface area contributed by atoms with Crippen LogP contribution in [0, 0.1) is 11.8 Å². The average Bonchev–Trinajstić information content (AvgIpc) is 3.22. The number of aliphatic hydroxyl groups excluding tert-OH is 1. The van der Waals surface area contributed by atoms with Gasteiger partial charge in [0.25, 0.3) is 0 Å².